The van der Waals surface area contributed by atoms with Gasteiger partial charge in [-0.25, -0.2) is 4.98 Å². The maximum atomic E-state index is 11.9. The van der Waals surface area contributed by atoms with Gasteiger partial charge in [0.2, 0.25) is 5.91 Å². The fourth-order valence-corrected chi connectivity index (χ4v) is 2.27. The highest BCUT2D eigenvalue weighted by molar-refractivity contribution is 7.09. The van der Waals surface area contributed by atoms with Crippen molar-refractivity contribution in [2.24, 2.45) is 0 Å². The van der Waals surface area contributed by atoms with Crippen molar-refractivity contribution < 1.29 is 14.3 Å². The van der Waals surface area contributed by atoms with Gasteiger partial charge in [-0.15, -0.1) is 11.3 Å². The maximum Gasteiger partial charge on any atom is 0.248 e. The largest absolute Gasteiger partial charge is 0.497 e. The van der Waals surface area contributed by atoms with E-state index in [9.17, 15) is 4.79 Å². The molecular weight excluding hydrogens is 288 g/mol. The van der Waals surface area contributed by atoms with E-state index in [2.05, 4.69) is 10.3 Å². The van der Waals surface area contributed by atoms with Crippen molar-refractivity contribution in [2.45, 2.75) is 6.92 Å². The van der Waals surface area contributed by atoms with E-state index in [0.717, 1.165) is 10.7 Å². The topological polar surface area (TPSA) is 60.5 Å². The van der Waals surface area contributed by atoms with Crippen molar-refractivity contribution in [3.63, 3.8) is 0 Å². The van der Waals surface area contributed by atoms with Gasteiger partial charge in [0.05, 0.1) is 30.6 Å². The van der Waals surface area contributed by atoms with E-state index in [4.69, 9.17) is 9.47 Å². The van der Waals surface area contributed by atoms with E-state index < -0.39 is 0 Å². The average Bonchev–Trinajstić information content (AvgIpc) is 2.91. The summed E-state index contributed by atoms with van der Waals surface area (Å²) in [7, 11) is 3.12. The Morgan fingerprint density at radius 1 is 1.33 bits per heavy atom. The summed E-state index contributed by atoms with van der Waals surface area (Å²) in [5, 5.41) is 5.62. The highest BCUT2D eigenvalue weighted by Crippen LogP contribution is 2.28. The van der Waals surface area contributed by atoms with E-state index in [0.29, 0.717) is 17.2 Å². The number of benzene rings is 1. The van der Waals surface area contributed by atoms with Crippen LogP contribution in [-0.4, -0.2) is 25.1 Å². The monoisotopic (exact) mass is 304 g/mol. The summed E-state index contributed by atoms with van der Waals surface area (Å²) < 4.78 is 10.3. The molecule has 6 heteroatoms. The van der Waals surface area contributed by atoms with Crippen LogP contribution < -0.4 is 14.8 Å². The zero-order chi connectivity index (χ0) is 15.2. The predicted octanol–water partition coefficient (Wildman–Crippen LogP) is 3.12. The van der Waals surface area contributed by atoms with Crippen LogP contribution in [0.3, 0.4) is 0 Å². The molecule has 2 aromatic rings. The lowest BCUT2D eigenvalue weighted by molar-refractivity contribution is -0.111. The first-order valence-corrected chi connectivity index (χ1v) is 7.13. The summed E-state index contributed by atoms with van der Waals surface area (Å²) in [5.41, 5.74) is 1.36. The minimum absolute atomic E-state index is 0.246. The van der Waals surface area contributed by atoms with E-state index in [1.54, 1.807) is 49.8 Å². The molecule has 1 amide bonds. The number of aromatic nitrogens is 1. The van der Waals surface area contributed by atoms with Gasteiger partial charge in [-0.05, 0) is 25.1 Å². The van der Waals surface area contributed by atoms with Crippen molar-refractivity contribution >= 4 is 29.0 Å². The first-order chi connectivity index (χ1) is 10.1. The molecule has 0 aliphatic heterocycles. The van der Waals surface area contributed by atoms with Crippen LogP contribution in [0.15, 0.2) is 29.7 Å². The van der Waals surface area contributed by atoms with Crippen LogP contribution in [0.5, 0.6) is 11.5 Å². The minimum Gasteiger partial charge on any atom is -0.497 e. The van der Waals surface area contributed by atoms with Crippen molar-refractivity contribution in [3.05, 3.63) is 40.4 Å². The number of ether oxygens (including phenoxy) is 2. The summed E-state index contributed by atoms with van der Waals surface area (Å²) in [6.45, 7) is 1.92. The third-order valence-electron chi connectivity index (χ3n) is 2.71. The SMILES string of the molecule is COc1ccc(NC(=O)C=Cc2csc(C)n2)c(OC)c1. The molecule has 0 atom stereocenters. The minimum atomic E-state index is -0.246. The van der Waals surface area contributed by atoms with Gasteiger partial charge in [0.15, 0.2) is 0 Å². The Bertz CT molecular complexity index is 665. The molecule has 0 aliphatic rings. The molecule has 0 saturated heterocycles. The highest BCUT2D eigenvalue weighted by Gasteiger charge is 2.07. The number of carbonyl (C=O) groups is 1. The number of nitrogens with zero attached hydrogens (tertiary/aromatic N) is 1. The average molecular weight is 304 g/mol. The number of rotatable bonds is 5. The van der Waals surface area contributed by atoms with Crippen LogP contribution in [0.2, 0.25) is 0 Å². The van der Waals surface area contributed by atoms with Gasteiger partial charge >= 0.3 is 0 Å². The van der Waals surface area contributed by atoms with Gasteiger partial charge in [-0.3, -0.25) is 4.79 Å². The highest BCUT2D eigenvalue weighted by atomic mass is 32.1. The molecule has 2 rings (SSSR count). The lowest BCUT2D eigenvalue weighted by atomic mass is 10.2. The standard InChI is InChI=1S/C15H16N2O3S/c1-10-16-11(9-21-10)4-7-15(18)17-13-6-5-12(19-2)8-14(13)20-3/h4-9H,1-3H3,(H,17,18). The molecule has 0 radical (unpaired) electrons. The van der Waals surface area contributed by atoms with Gasteiger partial charge in [-0.1, -0.05) is 0 Å². The molecule has 0 spiro atoms. The van der Waals surface area contributed by atoms with Gasteiger partial charge in [0.1, 0.15) is 11.5 Å². The molecule has 21 heavy (non-hydrogen) atoms. The van der Waals surface area contributed by atoms with E-state index in [1.165, 1.54) is 6.08 Å². The first-order valence-electron chi connectivity index (χ1n) is 6.25. The lowest BCUT2D eigenvalue weighted by Crippen LogP contribution is -2.09. The Morgan fingerprint density at radius 2 is 2.14 bits per heavy atom. The molecule has 1 heterocycles. The number of hydrogen-bond donors (Lipinski definition) is 1. The van der Waals surface area contributed by atoms with E-state index >= 15 is 0 Å². The molecule has 110 valence electrons. The molecule has 5 nitrogen and oxygen atoms in total. The van der Waals surface area contributed by atoms with Gasteiger partial charge in [0, 0.05) is 17.5 Å². The van der Waals surface area contributed by atoms with Crippen molar-refractivity contribution in [3.8, 4) is 11.5 Å². The first kappa shape index (κ1) is 15.1. The fraction of sp³-hybridized carbons (Fsp3) is 0.200. The molecule has 0 fully saturated rings. The van der Waals surface area contributed by atoms with Crippen LogP contribution in [0, 0.1) is 6.92 Å². The Morgan fingerprint density at radius 3 is 2.76 bits per heavy atom. The third-order valence-corrected chi connectivity index (χ3v) is 3.50. The molecule has 0 saturated carbocycles. The fourth-order valence-electron chi connectivity index (χ4n) is 1.69. The van der Waals surface area contributed by atoms with E-state index in [1.807, 2.05) is 12.3 Å². The summed E-state index contributed by atoms with van der Waals surface area (Å²) in [5.74, 6) is 0.961. The number of thiazole rings is 1. The summed E-state index contributed by atoms with van der Waals surface area (Å²) in [6.07, 6.45) is 3.12. The smallest absolute Gasteiger partial charge is 0.248 e. The maximum absolute atomic E-state index is 11.9. The predicted molar refractivity (Wildman–Crippen MR) is 84.1 cm³/mol. The number of hydrogen-bond acceptors (Lipinski definition) is 5. The molecule has 1 aromatic carbocycles. The lowest BCUT2D eigenvalue weighted by Gasteiger charge is -2.10. The quantitative estimate of drug-likeness (QED) is 0.862. The zero-order valence-electron chi connectivity index (χ0n) is 12.0. The number of aryl methyl sites for hydroxylation is 1. The second kappa shape index (κ2) is 6.90. The summed E-state index contributed by atoms with van der Waals surface area (Å²) in [6, 6.07) is 5.20. The van der Waals surface area contributed by atoms with Crippen molar-refractivity contribution in [1.29, 1.82) is 0 Å². The van der Waals surface area contributed by atoms with Crippen LogP contribution in [0.4, 0.5) is 5.69 Å². The van der Waals surface area contributed by atoms with Gasteiger partial charge in [0.25, 0.3) is 0 Å². The summed E-state index contributed by atoms with van der Waals surface area (Å²) >= 11 is 1.54. The molecule has 0 bridgehead atoms. The van der Waals surface area contributed by atoms with Gasteiger partial charge in [-0.2, -0.15) is 0 Å². The third kappa shape index (κ3) is 4.06. The Balaban J connectivity index is 2.07. The number of carbonyl (C=O) groups excluding carboxylic acids is 1. The molecular formula is C15H16N2O3S. The van der Waals surface area contributed by atoms with Crippen molar-refractivity contribution in [2.75, 3.05) is 19.5 Å². The Labute approximate surface area is 127 Å². The van der Waals surface area contributed by atoms with Crippen LogP contribution in [-0.2, 0) is 4.79 Å². The van der Waals surface area contributed by atoms with Crippen LogP contribution in [0.1, 0.15) is 10.7 Å². The Hall–Kier alpha value is -2.34. The van der Waals surface area contributed by atoms with Crippen LogP contribution >= 0.6 is 11.3 Å². The van der Waals surface area contributed by atoms with Crippen LogP contribution in [0.25, 0.3) is 6.08 Å². The zero-order valence-corrected chi connectivity index (χ0v) is 12.9. The summed E-state index contributed by atoms with van der Waals surface area (Å²) in [4.78, 5) is 16.2. The number of methoxy groups -OCH3 is 2. The molecule has 0 aliphatic carbocycles. The second-order valence-corrected chi connectivity index (χ2v) is 5.24. The number of amides is 1. The van der Waals surface area contributed by atoms with Crippen molar-refractivity contribution in [1.82, 2.24) is 4.98 Å². The molecule has 1 aromatic heterocycles. The number of anilines is 1. The molecule has 1 N–H and O–H groups in total. The normalized spacial score (nSPS) is 10.6. The Kier molecular flexibility index (Phi) is 4.94. The van der Waals surface area contributed by atoms with Gasteiger partial charge < -0.3 is 14.8 Å². The molecule has 0 unspecified atom stereocenters. The van der Waals surface area contributed by atoms with E-state index in [-0.39, 0.29) is 5.91 Å². The second-order valence-electron chi connectivity index (χ2n) is 4.18. The number of nitrogens with one attached hydrogen (secondary N) is 1.